The van der Waals surface area contributed by atoms with E-state index in [2.05, 4.69) is 0 Å². The zero-order valence-electron chi connectivity index (χ0n) is 9.91. The standard InChI is InChI=1S/C8H26N2O2Si3/c9-5-1-3-7-15(12-14-11-13)8-4-2-6-10/h15H,1-10,14H2,13H3. The SMILES string of the molecule is NCCCC[SiH](CCCCN)O[SiH2]O[SiH3]. The van der Waals surface area contributed by atoms with Gasteiger partial charge in [0.1, 0.15) is 10.5 Å². The van der Waals surface area contributed by atoms with Crippen LogP contribution < -0.4 is 11.5 Å². The van der Waals surface area contributed by atoms with Gasteiger partial charge in [-0.3, -0.25) is 0 Å². The average molecular weight is 267 g/mol. The highest BCUT2D eigenvalue weighted by molar-refractivity contribution is 6.57. The van der Waals surface area contributed by atoms with Gasteiger partial charge in [0.2, 0.25) is 0 Å². The fraction of sp³-hybridized carbons (Fsp3) is 1.00. The molecule has 0 aliphatic heterocycles. The summed E-state index contributed by atoms with van der Waals surface area (Å²) in [7, 11) is -0.775. The largest absolute Gasteiger partial charge is 0.449 e. The highest BCUT2D eigenvalue weighted by atomic mass is 28.4. The van der Waals surface area contributed by atoms with Crippen LogP contribution in [0.4, 0.5) is 0 Å². The van der Waals surface area contributed by atoms with Gasteiger partial charge in [0.15, 0.2) is 9.04 Å². The van der Waals surface area contributed by atoms with Crippen molar-refractivity contribution >= 4 is 29.5 Å². The van der Waals surface area contributed by atoms with E-state index in [4.69, 9.17) is 19.7 Å². The Morgan fingerprint density at radius 3 is 1.93 bits per heavy atom. The second-order valence-corrected chi connectivity index (χ2v) is 10.0. The third-order valence-corrected chi connectivity index (χ3v) is 7.86. The van der Waals surface area contributed by atoms with Crippen molar-refractivity contribution in [2.45, 2.75) is 37.8 Å². The molecule has 0 rings (SSSR count). The minimum atomic E-state index is -0.967. The zero-order valence-corrected chi connectivity index (χ0v) is 14.5. The molecule has 0 aromatic carbocycles. The van der Waals surface area contributed by atoms with Gasteiger partial charge >= 0.3 is 0 Å². The number of rotatable bonds is 11. The fourth-order valence-corrected chi connectivity index (χ4v) is 7.16. The van der Waals surface area contributed by atoms with E-state index in [-0.39, 0.29) is 0 Å². The van der Waals surface area contributed by atoms with Gasteiger partial charge < -0.3 is 19.7 Å². The smallest absolute Gasteiger partial charge is 0.283 e. The quantitative estimate of drug-likeness (QED) is 0.353. The molecule has 0 fully saturated rings. The van der Waals surface area contributed by atoms with Crippen molar-refractivity contribution < 1.29 is 8.23 Å². The van der Waals surface area contributed by atoms with Crippen LogP contribution in [-0.2, 0) is 8.23 Å². The molecule has 0 heterocycles. The zero-order chi connectivity index (χ0) is 11.4. The van der Waals surface area contributed by atoms with Gasteiger partial charge in [-0.1, -0.05) is 12.8 Å². The Balaban J connectivity index is 3.53. The van der Waals surface area contributed by atoms with Crippen molar-refractivity contribution in [1.29, 1.82) is 0 Å². The second kappa shape index (κ2) is 12.6. The third kappa shape index (κ3) is 10.8. The molecule has 0 unspecified atom stereocenters. The van der Waals surface area contributed by atoms with Crippen molar-refractivity contribution in [1.82, 2.24) is 0 Å². The van der Waals surface area contributed by atoms with Crippen LogP contribution in [0.5, 0.6) is 0 Å². The summed E-state index contributed by atoms with van der Waals surface area (Å²) in [5.41, 5.74) is 11.0. The van der Waals surface area contributed by atoms with Crippen molar-refractivity contribution in [3.63, 3.8) is 0 Å². The molecule has 7 heteroatoms. The highest BCUT2D eigenvalue weighted by Crippen LogP contribution is 2.10. The van der Waals surface area contributed by atoms with Gasteiger partial charge in [-0.2, -0.15) is 0 Å². The molecule has 0 aromatic heterocycles. The number of unbranched alkanes of at least 4 members (excludes halogenated alkanes) is 2. The first-order valence-corrected chi connectivity index (χ1v) is 9.93. The van der Waals surface area contributed by atoms with Crippen LogP contribution in [0.1, 0.15) is 25.7 Å². The minimum absolute atomic E-state index is 0.633. The van der Waals surface area contributed by atoms with Crippen LogP contribution in [-0.4, -0.2) is 42.6 Å². The number of nitrogens with two attached hydrogens (primary N) is 2. The Bertz CT molecular complexity index is 122. The molecule has 15 heavy (non-hydrogen) atoms. The van der Waals surface area contributed by atoms with E-state index in [9.17, 15) is 0 Å². The molecule has 0 aliphatic rings. The molecule has 0 aliphatic carbocycles. The first-order valence-electron chi connectivity index (χ1n) is 5.85. The van der Waals surface area contributed by atoms with Crippen LogP contribution in [0, 0.1) is 0 Å². The van der Waals surface area contributed by atoms with Crippen molar-refractivity contribution in [3.05, 3.63) is 0 Å². The highest BCUT2D eigenvalue weighted by Gasteiger charge is 2.10. The normalized spacial score (nSPS) is 12.2. The maximum atomic E-state index is 5.89. The van der Waals surface area contributed by atoms with Crippen LogP contribution in [0.2, 0.25) is 12.1 Å². The molecule has 0 amide bonds. The van der Waals surface area contributed by atoms with Crippen molar-refractivity contribution in [3.8, 4) is 0 Å². The third-order valence-electron chi connectivity index (χ3n) is 2.38. The minimum Gasteiger partial charge on any atom is -0.449 e. The monoisotopic (exact) mass is 266 g/mol. The molecule has 0 spiro atoms. The summed E-state index contributed by atoms with van der Waals surface area (Å²) in [6.45, 7) is 1.61. The number of hydrogen-bond acceptors (Lipinski definition) is 4. The molecular formula is C8H26N2O2Si3. The van der Waals surface area contributed by atoms with Gasteiger partial charge in [-0.25, -0.2) is 0 Å². The second-order valence-electron chi connectivity index (χ2n) is 3.76. The first kappa shape index (κ1) is 15.5. The van der Waals surface area contributed by atoms with E-state index in [1.165, 1.54) is 24.9 Å². The molecule has 0 saturated heterocycles. The lowest BCUT2D eigenvalue weighted by Gasteiger charge is -2.15. The fourth-order valence-electron chi connectivity index (χ4n) is 1.51. The lowest BCUT2D eigenvalue weighted by Crippen LogP contribution is -2.22. The van der Waals surface area contributed by atoms with E-state index < -0.39 is 19.0 Å². The van der Waals surface area contributed by atoms with Crippen LogP contribution >= 0.6 is 0 Å². The molecule has 4 nitrogen and oxygen atoms in total. The van der Waals surface area contributed by atoms with E-state index >= 15 is 0 Å². The van der Waals surface area contributed by atoms with Crippen LogP contribution in [0.15, 0.2) is 0 Å². The van der Waals surface area contributed by atoms with E-state index in [0.717, 1.165) is 36.4 Å². The van der Waals surface area contributed by atoms with Gasteiger partial charge in [0, 0.05) is 0 Å². The Morgan fingerprint density at radius 2 is 1.53 bits per heavy atom. The Hall–Kier alpha value is 0.491. The van der Waals surface area contributed by atoms with Crippen molar-refractivity contribution in [2.24, 2.45) is 11.5 Å². The summed E-state index contributed by atoms with van der Waals surface area (Å²) in [4.78, 5) is 0. The molecule has 0 atom stereocenters. The Labute approximate surface area is 100 Å². The molecule has 0 aromatic rings. The molecule has 0 bridgehead atoms. The Morgan fingerprint density at radius 1 is 1.00 bits per heavy atom. The molecule has 92 valence electrons. The molecule has 4 N–H and O–H groups in total. The van der Waals surface area contributed by atoms with Crippen LogP contribution in [0.25, 0.3) is 0 Å². The molecule has 0 saturated carbocycles. The summed E-state index contributed by atoms with van der Waals surface area (Å²) in [6.07, 6.45) is 4.72. The summed E-state index contributed by atoms with van der Waals surface area (Å²) in [5.74, 6) is 0. The predicted molar refractivity (Wildman–Crippen MR) is 74.0 cm³/mol. The van der Waals surface area contributed by atoms with Gasteiger partial charge in [0.05, 0.1) is 0 Å². The Kier molecular flexibility index (Phi) is 13.0. The maximum absolute atomic E-state index is 5.89. The van der Waals surface area contributed by atoms with Gasteiger partial charge in [-0.15, -0.1) is 0 Å². The summed E-state index contributed by atoms with van der Waals surface area (Å²) >= 11 is 0. The lowest BCUT2D eigenvalue weighted by atomic mass is 10.3. The predicted octanol–water partition coefficient (Wildman–Crippen LogP) is -1.50. The van der Waals surface area contributed by atoms with Crippen molar-refractivity contribution in [2.75, 3.05) is 13.1 Å². The summed E-state index contributed by atoms with van der Waals surface area (Å²) in [6, 6.07) is 2.53. The van der Waals surface area contributed by atoms with E-state index in [1.54, 1.807) is 0 Å². The van der Waals surface area contributed by atoms with E-state index in [0.29, 0.717) is 0 Å². The molecular weight excluding hydrogens is 240 g/mol. The van der Waals surface area contributed by atoms with Gasteiger partial charge in [0.25, 0.3) is 10.0 Å². The molecule has 0 radical (unpaired) electrons. The maximum Gasteiger partial charge on any atom is 0.283 e. The van der Waals surface area contributed by atoms with E-state index in [1.807, 2.05) is 0 Å². The van der Waals surface area contributed by atoms with Gasteiger partial charge in [-0.05, 0) is 38.0 Å². The topological polar surface area (TPSA) is 70.5 Å². The van der Waals surface area contributed by atoms with Crippen LogP contribution in [0.3, 0.4) is 0 Å². The average Bonchev–Trinajstić information content (AvgIpc) is 2.25. The lowest BCUT2D eigenvalue weighted by molar-refractivity contribution is 0.481. The summed E-state index contributed by atoms with van der Waals surface area (Å²) < 4.78 is 11.1. The summed E-state index contributed by atoms with van der Waals surface area (Å²) in [5, 5.41) is 0. The number of hydrogen-bond donors (Lipinski definition) is 2. The first-order chi connectivity index (χ1) is 7.35.